The van der Waals surface area contributed by atoms with Gasteiger partial charge in [0.05, 0.1) is 18.2 Å². The smallest absolute Gasteiger partial charge is 0.407 e. The van der Waals surface area contributed by atoms with Gasteiger partial charge in [0.25, 0.3) is 0 Å². The molecule has 0 saturated heterocycles. The maximum Gasteiger partial charge on any atom is 0.407 e. The lowest BCUT2D eigenvalue weighted by atomic mass is 10.1. The highest BCUT2D eigenvalue weighted by atomic mass is 35.5. The number of amides is 2. The van der Waals surface area contributed by atoms with E-state index < -0.39 is 23.6 Å². The minimum Gasteiger partial charge on any atom is -0.490 e. The lowest BCUT2D eigenvalue weighted by Gasteiger charge is -2.24. The van der Waals surface area contributed by atoms with Crippen LogP contribution in [0.25, 0.3) is 0 Å². The number of ether oxygens (including phenoxy) is 3. The first-order valence-electron chi connectivity index (χ1n) is 9.76. The number of alkyl carbamates (subject to hydrolysis) is 1. The Labute approximate surface area is 182 Å². The van der Waals surface area contributed by atoms with E-state index in [2.05, 4.69) is 10.1 Å². The van der Waals surface area contributed by atoms with Crippen LogP contribution in [0.2, 0.25) is 5.02 Å². The maximum absolute atomic E-state index is 12.1. The quantitative estimate of drug-likeness (QED) is 0.507. The molecule has 1 aromatic rings. The van der Waals surface area contributed by atoms with Crippen molar-refractivity contribution < 1.29 is 28.6 Å². The van der Waals surface area contributed by atoms with E-state index in [1.54, 1.807) is 32.9 Å². The van der Waals surface area contributed by atoms with Crippen LogP contribution in [-0.4, -0.2) is 43.3 Å². The van der Waals surface area contributed by atoms with Gasteiger partial charge in [0.1, 0.15) is 18.0 Å². The number of nitrogens with one attached hydrogen (secondary N) is 1. The fourth-order valence-electron chi connectivity index (χ4n) is 2.56. The van der Waals surface area contributed by atoms with Gasteiger partial charge in [-0.1, -0.05) is 23.7 Å². The molecule has 9 heteroatoms. The van der Waals surface area contributed by atoms with Crippen LogP contribution in [0.15, 0.2) is 18.2 Å². The van der Waals surface area contributed by atoms with E-state index in [1.165, 1.54) is 7.11 Å². The molecule has 0 fully saturated rings. The first-order valence-corrected chi connectivity index (χ1v) is 10.1. The molecule has 168 valence electrons. The number of esters is 1. The Kier molecular flexibility index (Phi) is 10.5. The Morgan fingerprint density at radius 1 is 1.20 bits per heavy atom. The predicted octanol–water partition coefficient (Wildman–Crippen LogP) is 3.37. The summed E-state index contributed by atoms with van der Waals surface area (Å²) in [5.41, 5.74) is 5.41. The van der Waals surface area contributed by atoms with Gasteiger partial charge in [-0.15, -0.1) is 0 Å². The molecule has 0 aliphatic rings. The molecule has 1 rings (SSSR count). The second-order valence-electron chi connectivity index (χ2n) is 7.82. The zero-order valence-electron chi connectivity index (χ0n) is 18.0. The number of methoxy groups -OCH3 is 1. The minimum atomic E-state index is -0.652. The fraction of sp³-hybridized carbons (Fsp3) is 0.571. The lowest BCUT2D eigenvalue weighted by Crippen LogP contribution is -2.42. The van der Waals surface area contributed by atoms with Crippen molar-refractivity contribution in [3.8, 4) is 5.75 Å². The van der Waals surface area contributed by atoms with Crippen LogP contribution in [0.5, 0.6) is 5.75 Å². The molecular weight excluding hydrogens is 412 g/mol. The van der Waals surface area contributed by atoms with Crippen molar-refractivity contribution >= 4 is 29.6 Å². The Balaban J connectivity index is 2.74. The SMILES string of the molecule is COC(=O)CCCc1cccc(OC[C@H](CCC(N)=O)NC(=O)OC(C)(C)C)c1Cl. The monoisotopic (exact) mass is 442 g/mol. The van der Waals surface area contributed by atoms with E-state index in [4.69, 9.17) is 26.8 Å². The minimum absolute atomic E-state index is 0.0812. The average molecular weight is 443 g/mol. The van der Waals surface area contributed by atoms with Gasteiger partial charge in [0.15, 0.2) is 0 Å². The highest BCUT2D eigenvalue weighted by Crippen LogP contribution is 2.29. The van der Waals surface area contributed by atoms with E-state index >= 15 is 0 Å². The number of primary amides is 1. The van der Waals surface area contributed by atoms with Gasteiger partial charge in [-0.2, -0.15) is 0 Å². The Bertz CT molecular complexity index is 733. The molecule has 0 radical (unpaired) electrons. The molecule has 2 amide bonds. The molecule has 0 unspecified atom stereocenters. The number of halogens is 1. The van der Waals surface area contributed by atoms with E-state index in [-0.39, 0.29) is 19.0 Å². The van der Waals surface area contributed by atoms with Crippen molar-refractivity contribution in [2.24, 2.45) is 5.73 Å². The van der Waals surface area contributed by atoms with Gasteiger partial charge in [-0.3, -0.25) is 9.59 Å². The third kappa shape index (κ3) is 10.3. The molecule has 0 aliphatic heterocycles. The van der Waals surface area contributed by atoms with Crippen molar-refractivity contribution in [2.75, 3.05) is 13.7 Å². The van der Waals surface area contributed by atoms with Crippen LogP contribution in [0, 0.1) is 0 Å². The summed E-state index contributed by atoms with van der Waals surface area (Å²) in [5, 5.41) is 3.14. The molecule has 1 aromatic carbocycles. The van der Waals surface area contributed by atoms with Gasteiger partial charge in [0, 0.05) is 12.8 Å². The largest absolute Gasteiger partial charge is 0.490 e. The predicted molar refractivity (Wildman–Crippen MR) is 113 cm³/mol. The molecular formula is C21H31ClN2O6. The number of aryl methyl sites for hydroxylation is 1. The molecule has 30 heavy (non-hydrogen) atoms. The highest BCUT2D eigenvalue weighted by molar-refractivity contribution is 6.32. The second kappa shape index (κ2) is 12.3. The summed E-state index contributed by atoms with van der Waals surface area (Å²) in [7, 11) is 1.35. The Morgan fingerprint density at radius 2 is 1.90 bits per heavy atom. The molecule has 0 aliphatic carbocycles. The van der Waals surface area contributed by atoms with Crippen LogP contribution in [-0.2, 0) is 25.5 Å². The standard InChI is InChI=1S/C21H31ClN2O6/c1-21(2,3)30-20(27)24-15(11-12-17(23)25)13-29-16-9-5-7-14(19(16)22)8-6-10-18(26)28-4/h5,7,9,15H,6,8,10-13H2,1-4H3,(H2,23,25)(H,24,27)/t15-/m0/s1. The molecule has 0 aromatic heterocycles. The third-order valence-electron chi connectivity index (χ3n) is 4.00. The van der Waals surface area contributed by atoms with Gasteiger partial charge < -0.3 is 25.3 Å². The first kappa shape index (κ1) is 25.6. The van der Waals surface area contributed by atoms with Crippen LogP contribution in [0.4, 0.5) is 4.79 Å². The van der Waals surface area contributed by atoms with Crippen molar-refractivity contribution in [1.82, 2.24) is 5.32 Å². The molecule has 0 heterocycles. The Morgan fingerprint density at radius 3 is 2.50 bits per heavy atom. The highest BCUT2D eigenvalue weighted by Gasteiger charge is 2.21. The molecule has 0 spiro atoms. The summed E-state index contributed by atoms with van der Waals surface area (Å²) >= 11 is 6.43. The van der Waals surface area contributed by atoms with Crippen molar-refractivity contribution in [3.05, 3.63) is 28.8 Å². The molecule has 3 N–H and O–H groups in total. The topological polar surface area (TPSA) is 117 Å². The number of carbonyl (C=O) groups is 3. The first-order chi connectivity index (χ1) is 14.0. The van der Waals surface area contributed by atoms with Crippen LogP contribution >= 0.6 is 11.6 Å². The lowest BCUT2D eigenvalue weighted by molar-refractivity contribution is -0.140. The zero-order chi connectivity index (χ0) is 22.7. The normalized spacial score (nSPS) is 12.0. The van der Waals surface area contributed by atoms with E-state index in [9.17, 15) is 14.4 Å². The van der Waals surface area contributed by atoms with Crippen molar-refractivity contribution in [1.29, 1.82) is 0 Å². The summed E-state index contributed by atoms with van der Waals surface area (Å²) in [5.74, 6) is -0.303. The number of nitrogens with two attached hydrogens (primary N) is 1. The number of benzene rings is 1. The Hall–Kier alpha value is -2.48. The van der Waals surface area contributed by atoms with Gasteiger partial charge >= 0.3 is 12.1 Å². The third-order valence-corrected chi connectivity index (χ3v) is 4.43. The van der Waals surface area contributed by atoms with E-state index in [1.807, 2.05) is 6.07 Å². The number of carbonyl (C=O) groups excluding carboxylic acids is 3. The fourth-order valence-corrected chi connectivity index (χ4v) is 2.84. The molecule has 0 saturated carbocycles. The van der Waals surface area contributed by atoms with Crippen molar-refractivity contribution in [3.63, 3.8) is 0 Å². The van der Waals surface area contributed by atoms with Crippen LogP contribution in [0.3, 0.4) is 0 Å². The van der Waals surface area contributed by atoms with E-state index in [0.717, 1.165) is 5.56 Å². The number of rotatable bonds is 11. The summed E-state index contributed by atoms with van der Waals surface area (Å²) in [6.45, 7) is 5.35. The zero-order valence-corrected chi connectivity index (χ0v) is 18.7. The van der Waals surface area contributed by atoms with Gasteiger partial charge in [0.2, 0.25) is 5.91 Å². The maximum atomic E-state index is 12.1. The second-order valence-corrected chi connectivity index (χ2v) is 8.20. The number of hydrogen-bond acceptors (Lipinski definition) is 6. The number of hydrogen-bond donors (Lipinski definition) is 2. The molecule has 1 atom stereocenters. The summed E-state index contributed by atoms with van der Waals surface area (Å²) in [4.78, 5) is 34.5. The van der Waals surface area contributed by atoms with Gasteiger partial charge in [-0.05, 0) is 51.7 Å². The van der Waals surface area contributed by atoms with Gasteiger partial charge in [-0.25, -0.2) is 4.79 Å². The molecule has 8 nitrogen and oxygen atoms in total. The van der Waals surface area contributed by atoms with Crippen LogP contribution in [0.1, 0.15) is 52.0 Å². The summed E-state index contributed by atoms with van der Waals surface area (Å²) in [6.07, 6.45) is 1.26. The van der Waals surface area contributed by atoms with E-state index in [0.29, 0.717) is 36.5 Å². The summed E-state index contributed by atoms with van der Waals surface area (Å²) < 4.78 is 15.7. The van der Waals surface area contributed by atoms with Crippen LogP contribution < -0.4 is 15.8 Å². The molecule has 0 bridgehead atoms. The average Bonchev–Trinajstić information content (AvgIpc) is 2.64. The summed E-state index contributed by atoms with van der Waals surface area (Å²) in [6, 6.07) is 4.88. The van der Waals surface area contributed by atoms with Crippen molar-refractivity contribution in [2.45, 2.75) is 64.5 Å².